The number of halogens is 1. The number of aliphatic imine (C=N–C) groups is 1. The second-order valence-corrected chi connectivity index (χ2v) is 7.41. The number of pyridine rings is 1. The molecule has 1 aliphatic rings. The van der Waals surface area contributed by atoms with Gasteiger partial charge in [0.1, 0.15) is 0 Å². The van der Waals surface area contributed by atoms with Crippen LogP contribution in [0.3, 0.4) is 0 Å². The number of carbonyl (C=O) groups is 1. The molecule has 3 rings (SSSR count). The van der Waals surface area contributed by atoms with E-state index in [9.17, 15) is 4.79 Å². The lowest BCUT2D eigenvalue weighted by molar-refractivity contribution is -0.121. The van der Waals surface area contributed by atoms with Crippen LogP contribution in [0.1, 0.15) is 5.56 Å². The summed E-state index contributed by atoms with van der Waals surface area (Å²) in [6.45, 7) is 4.05. The molecule has 0 spiro atoms. The quantitative estimate of drug-likeness (QED) is 0.459. The van der Waals surface area contributed by atoms with Crippen molar-refractivity contribution in [3.63, 3.8) is 0 Å². The second kappa shape index (κ2) is 9.69. The van der Waals surface area contributed by atoms with Gasteiger partial charge in [-0.15, -0.1) is 6.58 Å². The molecule has 0 radical (unpaired) electrons. The summed E-state index contributed by atoms with van der Waals surface area (Å²) >= 11 is 7.42. The molecule has 0 unspecified atom stereocenters. The SMILES string of the molecule is C=CCN1C(=O)/C(=C/c2cc(OC)c(OC)c(OC)c2)SC1=Nc1ccncc1Cl. The summed E-state index contributed by atoms with van der Waals surface area (Å²) in [6.07, 6.45) is 6.50. The lowest BCUT2D eigenvalue weighted by atomic mass is 10.1. The Kier molecular flexibility index (Phi) is 7.02. The van der Waals surface area contributed by atoms with E-state index >= 15 is 0 Å². The number of hydrogen-bond donors (Lipinski definition) is 0. The third-order valence-corrected chi connectivity index (χ3v) is 5.45. The fourth-order valence-electron chi connectivity index (χ4n) is 2.78. The molecule has 9 heteroatoms. The van der Waals surface area contributed by atoms with Crippen molar-refractivity contribution < 1.29 is 19.0 Å². The van der Waals surface area contributed by atoms with Gasteiger partial charge in [-0.3, -0.25) is 14.7 Å². The molecule has 0 saturated carbocycles. The first-order chi connectivity index (χ1) is 14.5. The van der Waals surface area contributed by atoms with Gasteiger partial charge in [0.2, 0.25) is 5.75 Å². The number of nitrogens with zero attached hydrogens (tertiary/aromatic N) is 3. The normalized spacial score (nSPS) is 16.3. The molecular weight excluding hydrogens is 426 g/mol. The van der Waals surface area contributed by atoms with Crippen LogP contribution in [0.25, 0.3) is 6.08 Å². The lowest BCUT2D eigenvalue weighted by Crippen LogP contribution is -2.29. The number of methoxy groups -OCH3 is 3. The van der Waals surface area contributed by atoms with Gasteiger partial charge in [-0.2, -0.15) is 0 Å². The van der Waals surface area contributed by atoms with E-state index in [-0.39, 0.29) is 5.91 Å². The summed E-state index contributed by atoms with van der Waals surface area (Å²) in [5, 5.41) is 0.908. The van der Waals surface area contributed by atoms with E-state index in [4.69, 9.17) is 25.8 Å². The van der Waals surface area contributed by atoms with Gasteiger partial charge in [0.05, 0.1) is 36.9 Å². The third-order valence-electron chi connectivity index (χ3n) is 4.15. The second-order valence-electron chi connectivity index (χ2n) is 6.00. The largest absolute Gasteiger partial charge is 0.493 e. The number of amides is 1. The van der Waals surface area contributed by atoms with Crippen LogP contribution in [-0.2, 0) is 4.79 Å². The van der Waals surface area contributed by atoms with Gasteiger partial charge in [0, 0.05) is 18.9 Å². The minimum Gasteiger partial charge on any atom is -0.493 e. The van der Waals surface area contributed by atoms with E-state index in [1.54, 1.807) is 50.8 Å². The zero-order chi connectivity index (χ0) is 21.7. The average Bonchev–Trinajstić information content (AvgIpc) is 3.03. The zero-order valence-corrected chi connectivity index (χ0v) is 18.3. The fourth-order valence-corrected chi connectivity index (χ4v) is 3.94. The topological polar surface area (TPSA) is 73.2 Å². The Morgan fingerprint density at radius 1 is 1.23 bits per heavy atom. The Morgan fingerprint density at radius 2 is 1.93 bits per heavy atom. The van der Waals surface area contributed by atoms with Gasteiger partial charge < -0.3 is 14.2 Å². The summed E-state index contributed by atoms with van der Waals surface area (Å²) < 4.78 is 16.1. The van der Waals surface area contributed by atoms with E-state index in [1.807, 2.05) is 0 Å². The molecule has 0 bridgehead atoms. The smallest absolute Gasteiger partial charge is 0.267 e. The van der Waals surface area contributed by atoms with Crippen molar-refractivity contribution in [3.8, 4) is 17.2 Å². The first-order valence-electron chi connectivity index (χ1n) is 8.82. The van der Waals surface area contributed by atoms with E-state index < -0.39 is 0 Å². The van der Waals surface area contributed by atoms with E-state index in [2.05, 4.69) is 16.6 Å². The summed E-state index contributed by atoms with van der Waals surface area (Å²) in [4.78, 5) is 23.5. The highest BCUT2D eigenvalue weighted by atomic mass is 35.5. The fraction of sp³-hybridized carbons (Fsp3) is 0.190. The minimum absolute atomic E-state index is 0.183. The summed E-state index contributed by atoms with van der Waals surface area (Å²) in [7, 11) is 4.62. The molecule has 2 heterocycles. The van der Waals surface area contributed by atoms with Crippen molar-refractivity contribution in [2.24, 2.45) is 4.99 Å². The maximum atomic E-state index is 13.0. The minimum atomic E-state index is -0.183. The molecule has 156 valence electrons. The van der Waals surface area contributed by atoms with Crippen molar-refractivity contribution in [1.29, 1.82) is 0 Å². The number of hydrogen-bond acceptors (Lipinski definition) is 7. The Balaban J connectivity index is 2.03. The van der Waals surface area contributed by atoms with E-state index in [0.29, 0.717) is 44.6 Å². The van der Waals surface area contributed by atoms with Crippen molar-refractivity contribution in [2.75, 3.05) is 27.9 Å². The van der Waals surface area contributed by atoms with Gasteiger partial charge in [0.25, 0.3) is 5.91 Å². The van der Waals surface area contributed by atoms with Crippen LogP contribution in [0, 0.1) is 0 Å². The van der Waals surface area contributed by atoms with Gasteiger partial charge in [0.15, 0.2) is 16.7 Å². The highest BCUT2D eigenvalue weighted by Crippen LogP contribution is 2.40. The molecule has 1 fully saturated rings. The molecule has 1 aromatic heterocycles. The monoisotopic (exact) mass is 445 g/mol. The molecule has 0 N–H and O–H groups in total. The van der Waals surface area contributed by atoms with Crippen molar-refractivity contribution in [2.45, 2.75) is 0 Å². The highest BCUT2D eigenvalue weighted by molar-refractivity contribution is 8.18. The number of amidine groups is 1. The molecule has 0 aliphatic carbocycles. The van der Waals surface area contributed by atoms with Gasteiger partial charge in [-0.05, 0) is 41.6 Å². The number of benzene rings is 1. The molecule has 0 atom stereocenters. The van der Waals surface area contributed by atoms with Gasteiger partial charge >= 0.3 is 0 Å². The van der Waals surface area contributed by atoms with Crippen molar-refractivity contribution >= 4 is 46.2 Å². The molecule has 1 amide bonds. The van der Waals surface area contributed by atoms with Crippen LogP contribution in [0.4, 0.5) is 5.69 Å². The summed E-state index contributed by atoms with van der Waals surface area (Å²) in [5.41, 5.74) is 1.26. The van der Waals surface area contributed by atoms with Crippen LogP contribution < -0.4 is 14.2 Å². The molecule has 2 aromatic rings. The lowest BCUT2D eigenvalue weighted by Gasteiger charge is -2.13. The van der Waals surface area contributed by atoms with Crippen molar-refractivity contribution in [1.82, 2.24) is 9.88 Å². The van der Waals surface area contributed by atoms with Crippen LogP contribution >= 0.6 is 23.4 Å². The number of thioether (sulfide) groups is 1. The van der Waals surface area contributed by atoms with Gasteiger partial charge in [-0.1, -0.05) is 17.7 Å². The Bertz CT molecular complexity index is 1010. The average molecular weight is 446 g/mol. The van der Waals surface area contributed by atoms with E-state index in [0.717, 1.165) is 5.56 Å². The van der Waals surface area contributed by atoms with Crippen LogP contribution in [0.5, 0.6) is 17.2 Å². The van der Waals surface area contributed by atoms with Crippen LogP contribution in [0.2, 0.25) is 5.02 Å². The number of aromatic nitrogens is 1. The van der Waals surface area contributed by atoms with Crippen LogP contribution in [0.15, 0.2) is 53.1 Å². The first kappa shape index (κ1) is 21.7. The van der Waals surface area contributed by atoms with Crippen molar-refractivity contribution in [3.05, 3.63) is 58.7 Å². The highest BCUT2D eigenvalue weighted by Gasteiger charge is 2.33. The molecule has 7 nitrogen and oxygen atoms in total. The third kappa shape index (κ3) is 4.44. The Morgan fingerprint density at radius 3 is 2.50 bits per heavy atom. The predicted octanol–water partition coefficient (Wildman–Crippen LogP) is 4.55. The first-order valence-corrected chi connectivity index (χ1v) is 10.0. The maximum Gasteiger partial charge on any atom is 0.267 e. The number of carbonyl (C=O) groups excluding carboxylic acids is 1. The predicted molar refractivity (Wildman–Crippen MR) is 120 cm³/mol. The summed E-state index contributed by atoms with van der Waals surface area (Å²) in [6, 6.07) is 5.23. The Labute approximate surface area is 184 Å². The molecule has 1 saturated heterocycles. The molecule has 1 aromatic carbocycles. The van der Waals surface area contributed by atoms with Crippen LogP contribution in [-0.4, -0.2) is 48.8 Å². The zero-order valence-electron chi connectivity index (χ0n) is 16.7. The molecule has 1 aliphatic heterocycles. The standard InChI is InChI=1S/C21H20ClN3O4S/c1-5-8-25-20(26)18(30-21(25)24-15-6-7-23-12-14(15)22)11-13-9-16(27-2)19(29-4)17(10-13)28-3/h5-7,9-12H,1,8H2,2-4H3/b18-11-,24-21?. The van der Waals surface area contributed by atoms with E-state index in [1.165, 1.54) is 30.0 Å². The van der Waals surface area contributed by atoms with Gasteiger partial charge in [-0.25, -0.2) is 4.99 Å². The number of ether oxygens (including phenoxy) is 3. The Hall–Kier alpha value is -2.97. The maximum absolute atomic E-state index is 13.0. The summed E-state index contributed by atoms with van der Waals surface area (Å²) in [5.74, 6) is 1.30. The molecule has 30 heavy (non-hydrogen) atoms. The molecular formula is C21H20ClN3O4S. The number of rotatable bonds is 7.